The van der Waals surface area contributed by atoms with Crippen LogP contribution in [0.1, 0.15) is 16.3 Å². The zero-order valence-electron chi connectivity index (χ0n) is 8.47. The number of nitrogens with zero attached hydrogens (tertiary/aromatic N) is 3. The normalized spacial score (nSPS) is 10.1. The van der Waals surface area contributed by atoms with Gasteiger partial charge in [0.05, 0.1) is 12.0 Å². The van der Waals surface area contributed by atoms with Crippen molar-refractivity contribution in [2.24, 2.45) is 7.05 Å². The molecule has 0 aliphatic carbocycles. The summed E-state index contributed by atoms with van der Waals surface area (Å²) in [6.45, 7) is 0. The summed E-state index contributed by atoms with van der Waals surface area (Å²) in [6.07, 6.45) is 3.50. The van der Waals surface area contributed by atoms with E-state index in [9.17, 15) is 0 Å². The molecule has 76 valence electrons. The van der Waals surface area contributed by atoms with Gasteiger partial charge in [-0.2, -0.15) is 5.26 Å². The first-order valence-electron chi connectivity index (χ1n) is 4.74. The van der Waals surface area contributed by atoms with Crippen molar-refractivity contribution in [3.8, 4) is 6.07 Å². The fourth-order valence-corrected chi connectivity index (χ4v) is 2.21. The molecule has 0 atom stereocenters. The Kier molecular flexibility index (Phi) is 2.84. The molecule has 0 amide bonds. The molecule has 3 nitrogen and oxygen atoms in total. The van der Waals surface area contributed by atoms with E-state index in [-0.39, 0.29) is 0 Å². The molecule has 0 radical (unpaired) electrons. The number of aromatic nitrogens is 2. The highest BCUT2D eigenvalue weighted by atomic mass is 32.1. The Bertz CT molecular complexity index is 476. The summed E-state index contributed by atoms with van der Waals surface area (Å²) in [5, 5.41) is 11.0. The summed E-state index contributed by atoms with van der Waals surface area (Å²) in [7, 11) is 1.85. The summed E-state index contributed by atoms with van der Waals surface area (Å²) < 4.78 is 1.77. The van der Waals surface area contributed by atoms with Gasteiger partial charge in [-0.25, -0.2) is 4.98 Å². The zero-order chi connectivity index (χ0) is 10.7. The van der Waals surface area contributed by atoms with Crippen molar-refractivity contribution in [3.05, 3.63) is 40.1 Å². The van der Waals surface area contributed by atoms with Crippen LogP contribution in [0.15, 0.2) is 23.8 Å². The molecular formula is C11H11N3S. The number of imidazole rings is 1. The van der Waals surface area contributed by atoms with Crippen molar-refractivity contribution >= 4 is 11.3 Å². The molecule has 0 spiro atoms. The van der Waals surface area contributed by atoms with E-state index in [1.54, 1.807) is 22.2 Å². The fraction of sp³-hybridized carbons (Fsp3) is 0.273. The van der Waals surface area contributed by atoms with E-state index in [2.05, 4.69) is 22.5 Å². The largest absolute Gasteiger partial charge is 0.325 e. The Morgan fingerprint density at radius 3 is 3.07 bits per heavy atom. The predicted octanol–water partition coefficient (Wildman–Crippen LogP) is 2.14. The van der Waals surface area contributed by atoms with Gasteiger partial charge in [0.15, 0.2) is 0 Å². The average Bonchev–Trinajstić information content (AvgIpc) is 2.84. The van der Waals surface area contributed by atoms with Crippen LogP contribution >= 0.6 is 11.3 Å². The van der Waals surface area contributed by atoms with Gasteiger partial charge in [0.2, 0.25) is 0 Å². The highest BCUT2D eigenvalue weighted by Crippen LogP contribution is 2.13. The standard InChI is InChI=1S/C11H11N3S/c1-14-8-13-10(11(14)7-12)5-4-9-3-2-6-15-9/h2-3,6,8H,4-5H2,1H3. The molecule has 0 N–H and O–H groups in total. The van der Waals surface area contributed by atoms with Gasteiger partial charge in [0.25, 0.3) is 0 Å². The molecule has 0 fully saturated rings. The van der Waals surface area contributed by atoms with Gasteiger partial charge in [0, 0.05) is 11.9 Å². The van der Waals surface area contributed by atoms with Gasteiger partial charge in [-0.1, -0.05) is 6.07 Å². The molecular weight excluding hydrogens is 206 g/mol. The van der Waals surface area contributed by atoms with Gasteiger partial charge in [-0.3, -0.25) is 0 Å². The molecule has 0 saturated heterocycles. The molecule has 2 aromatic heterocycles. The summed E-state index contributed by atoms with van der Waals surface area (Å²) in [5.41, 5.74) is 1.57. The molecule has 0 unspecified atom stereocenters. The maximum atomic E-state index is 8.94. The summed E-state index contributed by atoms with van der Waals surface area (Å²) in [5.74, 6) is 0. The molecule has 2 heterocycles. The highest BCUT2D eigenvalue weighted by Gasteiger charge is 2.07. The topological polar surface area (TPSA) is 41.6 Å². The maximum Gasteiger partial charge on any atom is 0.142 e. The smallest absolute Gasteiger partial charge is 0.142 e. The van der Waals surface area contributed by atoms with E-state index in [1.807, 2.05) is 13.1 Å². The first-order chi connectivity index (χ1) is 7.31. The molecule has 4 heteroatoms. The van der Waals surface area contributed by atoms with Gasteiger partial charge < -0.3 is 4.57 Å². The fourth-order valence-electron chi connectivity index (χ4n) is 1.50. The van der Waals surface area contributed by atoms with Crippen molar-refractivity contribution in [1.29, 1.82) is 5.26 Å². The second-order valence-corrected chi connectivity index (χ2v) is 4.37. The van der Waals surface area contributed by atoms with Crippen LogP contribution < -0.4 is 0 Å². The SMILES string of the molecule is Cn1cnc(CCc2cccs2)c1C#N. The Morgan fingerprint density at radius 1 is 1.53 bits per heavy atom. The summed E-state index contributed by atoms with van der Waals surface area (Å²) in [6, 6.07) is 6.33. The van der Waals surface area contributed by atoms with Crippen LogP contribution in [0.3, 0.4) is 0 Å². The van der Waals surface area contributed by atoms with Crippen molar-refractivity contribution in [2.75, 3.05) is 0 Å². The molecule has 0 aliphatic rings. The van der Waals surface area contributed by atoms with E-state index in [4.69, 9.17) is 5.26 Å². The van der Waals surface area contributed by atoms with Crippen molar-refractivity contribution in [3.63, 3.8) is 0 Å². The summed E-state index contributed by atoms with van der Waals surface area (Å²) >= 11 is 1.74. The zero-order valence-corrected chi connectivity index (χ0v) is 9.29. The lowest BCUT2D eigenvalue weighted by Gasteiger charge is -1.96. The number of thiophene rings is 1. The van der Waals surface area contributed by atoms with Crippen molar-refractivity contribution in [2.45, 2.75) is 12.8 Å². The van der Waals surface area contributed by atoms with Gasteiger partial charge >= 0.3 is 0 Å². The predicted molar refractivity (Wildman–Crippen MR) is 59.7 cm³/mol. The van der Waals surface area contributed by atoms with Crippen molar-refractivity contribution in [1.82, 2.24) is 9.55 Å². The first-order valence-corrected chi connectivity index (χ1v) is 5.62. The van der Waals surface area contributed by atoms with Gasteiger partial charge in [0.1, 0.15) is 11.8 Å². The Labute approximate surface area is 92.6 Å². The van der Waals surface area contributed by atoms with Crippen LogP contribution in [0.5, 0.6) is 0 Å². The Hall–Kier alpha value is -1.60. The van der Waals surface area contributed by atoms with E-state index < -0.39 is 0 Å². The molecule has 15 heavy (non-hydrogen) atoms. The lowest BCUT2D eigenvalue weighted by molar-refractivity contribution is 0.886. The molecule has 0 bridgehead atoms. The minimum Gasteiger partial charge on any atom is -0.325 e. The number of rotatable bonds is 3. The lowest BCUT2D eigenvalue weighted by Crippen LogP contribution is -1.95. The van der Waals surface area contributed by atoms with E-state index in [0.29, 0.717) is 5.69 Å². The van der Waals surface area contributed by atoms with Crippen LogP contribution in [0.2, 0.25) is 0 Å². The molecule has 0 aromatic carbocycles. The Balaban J connectivity index is 2.09. The minimum absolute atomic E-state index is 0.673. The second-order valence-electron chi connectivity index (χ2n) is 3.34. The maximum absolute atomic E-state index is 8.94. The van der Waals surface area contributed by atoms with Crippen LogP contribution in [0.25, 0.3) is 0 Å². The van der Waals surface area contributed by atoms with Gasteiger partial charge in [-0.05, 0) is 24.3 Å². The molecule has 0 aliphatic heterocycles. The lowest BCUT2D eigenvalue weighted by atomic mass is 10.2. The number of aryl methyl sites for hydroxylation is 3. The van der Waals surface area contributed by atoms with Crippen LogP contribution in [-0.4, -0.2) is 9.55 Å². The quantitative estimate of drug-likeness (QED) is 0.790. The average molecular weight is 217 g/mol. The van der Waals surface area contributed by atoms with E-state index >= 15 is 0 Å². The second kappa shape index (κ2) is 4.28. The summed E-state index contributed by atoms with van der Waals surface area (Å²) in [4.78, 5) is 5.57. The third-order valence-electron chi connectivity index (χ3n) is 2.31. The Morgan fingerprint density at radius 2 is 2.40 bits per heavy atom. The minimum atomic E-state index is 0.673. The number of hydrogen-bond donors (Lipinski definition) is 0. The third kappa shape index (κ3) is 2.08. The van der Waals surface area contributed by atoms with Crippen LogP contribution in [0, 0.1) is 11.3 Å². The van der Waals surface area contributed by atoms with Gasteiger partial charge in [-0.15, -0.1) is 11.3 Å². The number of nitriles is 1. The van der Waals surface area contributed by atoms with Crippen molar-refractivity contribution < 1.29 is 0 Å². The molecule has 2 rings (SSSR count). The third-order valence-corrected chi connectivity index (χ3v) is 3.24. The molecule has 2 aromatic rings. The van der Waals surface area contributed by atoms with Crippen LogP contribution in [-0.2, 0) is 19.9 Å². The van der Waals surface area contributed by atoms with E-state index in [0.717, 1.165) is 18.5 Å². The van der Waals surface area contributed by atoms with E-state index in [1.165, 1.54) is 4.88 Å². The monoisotopic (exact) mass is 217 g/mol. The molecule has 0 saturated carbocycles. The highest BCUT2D eigenvalue weighted by molar-refractivity contribution is 7.09. The van der Waals surface area contributed by atoms with Crippen LogP contribution in [0.4, 0.5) is 0 Å². The number of hydrogen-bond acceptors (Lipinski definition) is 3. The first kappa shape index (κ1) is 9.94.